The lowest BCUT2D eigenvalue weighted by Crippen LogP contribution is -2.24. The number of thiophene rings is 1. The van der Waals surface area contributed by atoms with Gasteiger partial charge in [-0.3, -0.25) is 14.8 Å². The molecule has 3 aromatic rings. The Bertz CT molecular complexity index is 913. The molecule has 0 saturated carbocycles. The van der Waals surface area contributed by atoms with Crippen LogP contribution >= 0.6 is 11.3 Å². The largest absolute Gasteiger partial charge is 0.405 e. The summed E-state index contributed by atoms with van der Waals surface area (Å²) in [6, 6.07) is 5.23. The first-order valence-electron chi connectivity index (χ1n) is 5.95. The third-order valence-corrected chi connectivity index (χ3v) is 3.88. The second-order valence-electron chi connectivity index (χ2n) is 4.28. The van der Waals surface area contributed by atoms with Crippen LogP contribution in [0.15, 0.2) is 42.4 Å². The minimum atomic E-state index is -0.693. The van der Waals surface area contributed by atoms with Crippen molar-refractivity contribution in [3.63, 3.8) is 0 Å². The molecule has 7 heteroatoms. The topological polar surface area (TPSA) is 95.9 Å². The van der Waals surface area contributed by atoms with Gasteiger partial charge < -0.3 is 4.42 Å². The molecule has 20 heavy (non-hydrogen) atoms. The number of aromatic amines is 2. The van der Waals surface area contributed by atoms with Crippen LogP contribution in [0.4, 0.5) is 0 Å². The minimum absolute atomic E-state index is 0.0765. The van der Waals surface area contributed by atoms with Gasteiger partial charge in [0.25, 0.3) is 5.56 Å². The summed E-state index contributed by atoms with van der Waals surface area (Å²) in [4.78, 5) is 40.2. The average Bonchev–Trinajstić information content (AvgIpc) is 2.87. The zero-order valence-electron chi connectivity index (χ0n) is 10.3. The molecule has 0 amide bonds. The molecule has 0 aromatic carbocycles. The molecule has 3 aromatic heterocycles. The van der Waals surface area contributed by atoms with E-state index in [-0.39, 0.29) is 11.1 Å². The maximum absolute atomic E-state index is 11.9. The van der Waals surface area contributed by atoms with Crippen LogP contribution in [0.5, 0.6) is 0 Å². The quantitative estimate of drug-likeness (QED) is 0.752. The van der Waals surface area contributed by atoms with E-state index in [1.54, 1.807) is 11.3 Å². The Balaban J connectivity index is 2.12. The monoisotopic (exact) mass is 290 g/mol. The van der Waals surface area contributed by atoms with Gasteiger partial charge in [0.1, 0.15) is 5.39 Å². The molecule has 0 unspecified atom stereocenters. The van der Waals surface area contributed by atoms with Crippen LogP contribution in [0, 0.1) is 0 Å². The molecule has 0 fully saturated rings. The van der Waals surface area contributed by atoms with Gasteiger partial charge in [0.15, 0.2) is 0 Å². The van der Waals surface area contributed by atoms with Crippen LogP contribution in [0.25, 0.3) is 11.1 Å². The maximum Gasteiger partial charge on any atom is 0.337 e. The Morgan fingerprint density at radius 2 is 2.00 bits per heavy atom. The first-order chi connectivity index (χ1) is 9.63. The number of hydrogen-bond acceptors (Lipinski definition) is 5. The smallest absolute Gasteiger partial charge is 0.337 e. The third-order valence-electron chi connectivity index (χ3n) is 2.94. The highest BCUT2D eigenvalue weighted by atomic mass is 32.1. The maximum atomic E-state index is 11.9. The summed E-state index contributed by atoms with van der Waals surface area (Å²) in [5.74, 6) is 0. The van der Waals surface area contributed by atoms with Gasteiger partial charge in [-0.1, -0.05) is 6.07 Å². The average molecular weight is 290 g/mol. The van der Waals surface area contributed by atoms with Crippen molar-refractivity contribution in [1.29, 1.82) is 0 Å². The fourth-order valence-corrected chi connectivity index (χ4v) is 2.80. The van der Waals surface area contributed by atoms with E-state index in [1.165, 1.54) is 6.07 Å². The number of aromatic nitrogens is 2. The molecule has 2 N–H and O–H groups in total. The molecule has 0 aliphatic rings. The highest BCUT2D eigenvalue weighted by Gasteiger charge is 2.11. The number of hydrogen-bond donors (Lipinski definition) is 2. The Labute approximate surface area is 115 Å². The van der Waals surface area contributed by atoms with E-state index in [1.807, 2.05) is 17.5 Å². The van der Waals surface area contributed by atoms with Crippen molar-refractivity contribution in [2.45, 2.75) is 12.8 Å². The van der Waals surface area contributed by atoms with Crippen molar-refractivity contribution < 1.29 is 4.42 Å². The van der Waals surface area contributed by atoms with Gasteiger partial charge >= 0.3 is 11.3 Å². The molecular formula is C13H10N2O4S. The van der Waals surface area contributed by atoms with Crippen LogP contribution < -0.4 is 16.9 Å². The molecule has 0 atom stereocenters. The fourth-order valence-electron chi connectivity index (χ4n) is 2.09. The van der Waals surface area contributed by atoms with E-state index >= 15 is 0 Å². The molecule has 0 bridgehead atoms. The van der Waals surface area contributed by atoms with E-state index in [9.17, 15) is 14.4 Å². The third kappa shape index (κ3) is 2.35. The highest BCUT2D eigenvalue weighted by Crippen LogP contribution is 2.15. The first kappa shape index (κ1) is 12.6. The van der Waals surface area contributed by atoms with Crippen molar-refractivity contribution in [3.05, 3.63) is 65.3 Å². The molecule has 6 nitrogen and oxygen atoms in total. The number of H-pyrrole nitrogens is 2. The van der Waals surface area contributed by atoms with E-state index in [4.69, 9.17) is 4.42 Å². The van der Waals surface area contributed by atoms with E-state index < -0.39 is 16.9 Å². The van der Waals surface area contributed by atoms with Gasteiger partial charge in [0.2, 0.25) is 5.71 Å². The number of rotatable bonds is 3. The van der Waals surface area contributed by atoms with Crippen molar-refractivity contribution in [1.82, 2.24) is 9.97 Å². The number of aryl methyl sites for hydroxylation is 2. The molecule has 3 rings (SSSR count). The Morgan fingerprint density at radius 1 is 1.15 bits per heavy atom. The predicted octanol–water partition coefficient (Wildman–Crippen LogP) is 1.02. The van der Waals surface area contributed by atoms with Gasteiger partial charge in [-0.05, 0) is 29.9 Å². The van der Waals surface area contributed by atoms with E-state index in [2.05, 4.69) is 9.97 Å². The van der Waals surface area contributed by atoms with Gasteiger partial charge in [0, 0.05) is 10.9 Å². The van der Waals surface area contributed by atoms with Crippen molar-refractivity contribution >= 4 is 22.4 Å². The standard InChI is InChI=1S/C13H10N2O4S/c16-9-6-7(3-4-8-2-1-5-20-8)10-11(17)14-13(18)15-12(10)19-9/h1-2,5-6H,3-4H2,(H2,14,15,17,18). The molecule has 0 aliphatic carbocycles. The lowest BCUT2D eigenvalue weighted by Gasteiger charge is -2.03. The van der Waals surface area contributed by atoms with Gasteiger partial charge in [-0.15, -0.1) is 11.3 Å². The Morgan fingerprint density at radius 3 is 2.75 bits per heavy atom. The van der Waals surface area contributed by atoms with Crippen LogP contribution in [0.1, 0.15) is 10.4 Å². The zero-order chi connectivity index (χ0) is 14.1. The Kier molecular flexibility index (Phi) is 3.11. The molecule has 102 valence electrons. The molecule has 0 saturated heterocycles. The fraction of sp³-hybridized carbons (Fsp3) is 0.154. The first-order valence-corrected chi connectivity index (χ1v) is 6.83. The van der Waals surface area contributed by atoms with Gasteiger partial charge in [-0.2, -0.15) is 0 Å². The summed E-state index contributed by atoms with van der Waals surface area (Å²) in [6.45, 7) is 0. The second-order valence-corrected chi connectivity index (χ2v) is 5.31. The molecule has 0 spiro atoms. The summed E-state index contributed by atoms with van der Waals surface area (Å²) in [5, 5.41) is 2.19. The molecule has 0 aliphatic heterocycles. The molecule has 3 heterocycles. The van der Waals surface area contributed by atoms with Crippen molar-refractivity contribution in [2.24, 2.45) is 0 Å². The summed E-state index contributed by atoms with van der Waals surface area (Å²) in [7, 11) is 0. The van der Waals surface area contributed by atoms with Crippen LogP contribution in [-0.4, -0.2) is 9.97 Å². The Hall–Kier alpha value is -2.41. The lowest BCUT2D eigenvalue weighted by molar-refractivity contribution is 0.544. The summed E-state index contributed by atoms with van der Waals surface area (Å²) in [6.07, 6.45) is 1.24. The molecule has 0 radical (unpaired) electrons. The number of fused-ring (bicyclic) bond motifs is 1. The summed E-state index contributed by atoms with van der Waals surface area (Å²) in [5.41, 5.74) is -1.33. The van der Waals surface area contributed by atoms with Gasteiger partial charge in [0.05, 0.1) is 0 Å². The van der Waals surface area contributed by atoms with Crippen LogP contribution in [0.3, 0.4) is 0 Å². The number of nitrogens with one attached hydrogen (secondary N) is 2. The van der Waals surface area contributed by atoms with Crippen molar-refractivity contribution in [3.8, 4) is 0 Å². The predicted molar refractivity (Wildman–Crippen MR) is 75.5 cm³/mol. The van der Waals surface area contributed by atoms with Gasteiger partial charge in [-0.25, -0.2) is 9.59 Å². The SMILES string of the molecule is O=c1[nH]c(=O)c2c(CCc3cccs3)cc(=O)oc2[nH]1. The van der Waals surface area contributed by atoms with E-state index in [0.29, 0.717) is 12.0 Å². The molecular weight excluding hydrogens is 280 g/mol. The van der Waals surface area contributed by atoms with E-state index in [0.717, 1.165) is 11.3 Å². The summed E-state index contributed by atoms with van der Waals surface area (Å²) < 4.78 is 4.87. The second kappa shape index (κ2) is 4.93. The minimum Gasteiger partial charge on any atom is -0.405 e. The van der Waals surface area contributed by atoms with Crippen LogP contribution in [0.2, 0.25) is 0 Å². The lowest BCUT2D eigenvalue weighted by atomic mass is 10.1. The van der Waals surface area contributed by atoms with Crippen LogP contribution in [-0.2, 0) is 12.8 Å². The highest BCUT2D eigenvalue weighted by molar-refractivity contribution is 7.09. The summed E-state index contributed by atoms with van der Waals surface area (Å²) >= 11 is 1.61. The zero-order valence-corrected chi connectivity index (χ0v) is 11.1. The van der Waals surface area contributed by atoms with Crippen molar-refractivity contribution in [2.75, 3.05) is 0 Å². The normalized spacial score (nSPS) is 11.0.